The summed E-state index contributed by atoms with van der Waals surface area (Å²) in [5.74, 6) is 0.510. The first kappa shape index (κ1) is 18.6. The molecule has 2 aromatic carbocycles. The Hall–Kier alpha value is -2.71. The number of aromatic nitrogens is 2. The number of fused-ring (bicyclic) bond motifs is 1. The maximum Gasteiger partial charge on any atom is 0.254 e. The van der Waals surface area contributed by atoms with Gasteiger partial charge in [-0.05, 0) is 49.2 Å². The molecule has 7 nitrogen and oxygen atoms in total. The molecule has 0 saturated carbocycles. The molecular formula is C20H22N4O3S. The summed E-state index contributed by atoms with van der Waals surface area (Å²) < 4.78 is 26.7. The van der Waals surface area contributed by atoms with Gasteiger partial charge in [0.1, 0.15) is 5.82 Å². The van der Waals surface area contributed by atoms with E-state index >= 15 is 0 Å². The Kier molecular flexibility index (Phi) is 4.91. The number of para-hydroxylation sites is 2. The van der Waals surface area contributed by atoms with Gasteiger partial charge in [-0.2, -0.15) is 4.31 Å². The molecule has 3 aromatic rings. The van der Waals surface area contributed by atoms with Crippen molar-refractivity contribution in [3.05, 3.63) is 59.9 Å². The Balaban J connectivity index is 1.48. The molecule has 0 aliphatic carbocycles. The lowest BCUT2D eigenvalue weighted by Gasteiger charge is -2.17. The van der Waals surface area contributed by atoms with Crippen LogP contribution < -0.4 is 0 Å². The van der Waals surface area contributed by atoms with Gasteiger partial charge in [0.05, 0.1) is 22.5 Å². The van der Waals surface area contributed by atoms with E-state index in [0.29, 0.717) is 31.0 Å². The lowest BCUT2D eigenvalue weighted by Crippen LogP contribution is -2.28. The van der Waals surface area contributed by atoms with E-state index in [9.17, 15) is 13.2 Å². The highest BCUT2D eigenvalue weighted by Crippen LogP contribution is 2.21. The maximum atomic E-state index is 12.7. The number of H-pyrrole nitrogens is 1. The predicted octanol–water partition coefficient (Wildman–Crippen LogP) is 2.62. The van der Waals surface area contributed by atoms with Crippen molar-refractivity contribution in [2.24, 2.45) is 0 Å². The fourth-order valence-corrected chi connectivity index (χ4v) is 4.96. The highest BCUT2D eigenvalue weighted by atomic mass is 32.2. The van der Waals surface area contributed by atoms with Crippen LogP contribution in [0.3, 0.4) is 0 Å². The molecule has 2 heterocycles. The average Bonchev–Trinajstić information content (AvgIpc) is 3.37. The van der Waals surface area contributed by atoms with Gasteiger partial charge in [0.25, 0.3) is 5.91 Å². The van der Waals surface area contributed by atoms with Crippen LogP contribution >= 0.6 is 0 Å². The van der Waals surface area contributed by atoms with Crippen LogP contribution in [0.25, 0.3) is 11.0 Å². The molecule has 8 heteroatoms. The van der Waals surface area contributed by atoms with Crippen molar-refractivity contribution in [1.82, 2.24) is 19.2 Å². The van der Waals surface area contributed by atoms with Crippen LogP contribution in [-0.4, -0.2) is 53.6 Å². The number of carbonyl (C=O) groups excluding carboxylic acids is 1. The third-order valence-electron chi connectivity index (χ3n) is 4.98. The van der Waals surface area contributed by atoms with E-state index in [4.69, 9.17) is 0 Å². The SMILES string of the molecule is CN(Cc1nc2ccccc2[nH]1)C(=O)c1ccc(S(=O)(=O)N2CCCC2)cc1. The van der Waals surface area contributed by atoms with Gasteiger partial charge in [-0.25, -0.2) is 13.4 Å². The van der Waals surface area contributed by atoms with Crippen LogP contribution in [0.4, 0.5) is 0 Å². The van der Waals surface area contributed by atoms with Crippen molar-refractivity contribution in [1.29, 1.82) is 0 Å². The van der Waals surface area contributed by atoms with Crippen molar-refractivity contribution in [2.45, 2.75) is 24.3 Å². The van der Waals surface area contributed by atoms with Crippen LogP contribution in [0.5, 0.6) is 0 Å². The van der Waals surface area contributed by atoms with Gasteiger partial charge < -0.3 is 9.88 Å². The molecule has 146 valence electrons. The molecule has 1 N–H and O–H groups in total. The van der Waals surface area contributed by atoms with Crippen molar-refractivity contribution < 1.29 is 13.2 Å². The Morgan fingerprint density at radius 2 is 1.79 bits per heavy atom. The van der Waals surface area contributed by atoms with Gasteiger partial charge in [-0.1, -0.05) is 12.1 Å². The summed E-state index contributed by atoms with van der Waals surface area (Å²) in [5.41, 5.74) is 2.23. The minimum absolute atomic E-state index is 0.189. The lowest BCUT2D eigenvalue weighted by atomic mass is 10.2. The van der Waals surface area contributed by atoms with Gasteiger partial charge in [-0.3, -0.25) is 4.79 Å². The first-order valence-corrected chi connectivity index (χ1v) is 10.7. The van der Waals surface area contributed by atoms with Gasteiger partial charge in [0, 0.05) is 25.7 Å². The number of carbonyl (C=O) groups is 1. The highest BCUT2D eigenvalue weighted by molar-refractivity contribution is 7.89. The molecule has 0 spiro atoms. The van der Waals surface area contributed by atoms with E-state index in [-0.39, 0.29) is 10.8 Å². The van der Waals surface area contributed by atoms with Crippen LogP contribution in [0.15, 0.2) is 53.4 Å². The number of amides is 1. The normalized spacial score (nSPS) is 15.2. The fraction of sp³-hybridized carbons (Fsp3) is 0.300. The monoisotopic (exact) mass is 398 g/mol. The first-order valence-electron chi connectivity index (χ1n) is 9.24. The molecule has 1 aliphatic heterocycles. The summed E-state index contributed by atoms with van der Waals surface area (Å²) >= 11 is 0. The quantitative estimate of drug-likeness (QED) is 0.716. The maximum absolute atomic E-state index is 12.7. The molecule has 1 aliphatic rings. The van der Waals surface area contributed by atoms with E-state index in [0.717, 1.165) is 23.9 Å². The van der Waals surface area contributed by atoms with E-state index < -0.39 is 10.0 Å². The summed E-state index contributed by atoms with van der Waals surface area (Å²) in [7, 11) is -1.77. The van der Waals surface area contributed by atoms with Crippen LogP contribution in [0.1, 0.15) is 29.0 Å². The Bertz CT molecular complexity index is 1070. The zero-order valence-corrected chi connectivity index (χ0v) is 16.4. The number of hydrogen-bond acceptors (Lipinski definition) is 4. The average molecular weight is 398 g/mol. The zero-order chi connectivity index (χ0) is 19.7. The Labute approximate surface area is 164 Å². The van der Waals surface area contributed by atoms with Crippen molar-refractivity contribution >= 4 is 27.0 Å². The standard InChI is InChI=1S/C20H22N4O3S/c1-23(14-19-21-17-6-2-3-7-18(17)22-19)20(25)15-8-10-16(11-9-15)28(26,27)24-12-4-5-13-24/h2-3,6-11H,4-5,12-14H2,1H3,(H,21,22). The number of nitrogens with one attached hydrogen (secondary N) is 1. The lowest BCUT2D eigenvalue weighted by molar-refractivity contribution is 0.0782. The summed E-state index contributed by atoms with van der Waals surface area (Å²) in [6.07, 6.45) is 1.78. The van der Waals surface area contributed by atoms with Gasteiger partial charge in [0.15, 0.2) is 0 Å². The number of benzene rings is 2. The molecule has 1 aromatic heterocycles. The number of nitrogens with zero attached hydrogens (tertiary/aromatic N) is 3. The fourth-order valence-electron chi connectivity index (χ4n) is 3.44. The number of hydrogen-bond donors (Lipinski definition) is 1. The van der Waals surface area contributed by atoms with Gasteiger partial charge >= 0.3 is 0 Å². The topological polar surface area (TPSA) is 86.4 Å². The van der Waals surface area contributed by atoms with E-state index in [2.05, 4.69) is 9.97 Å². The predicted molar refractivity (Wildman–Crippen MR) is 106 cm³/mol. The van der Waals surface area contributed by atoms with Crippen molar-refractivity contribution in [2.75, 3.05) is 20.1 Å². The second-order valence-corrected chi connectivity index (χ2v) is 8.94. The van der Waals surface area contributed by atoms with Crippen molar-refractivity contribution in [3.63, 3.8) is 0 Å². The van der Waals surface area contributed by atoms with Crippen LogP contribution in [-0.2, 0) is 16.6 Å². The smallest absolute Gasteiger partial charge is 0.254 e. The zero-order valence-electron chi connectivity index (χ0n) is 15.6. The Morgan fingerprint density at radius 3 is 2.46 bits per heavy atom. The van der Waals surface area contributed by atoms with Gasteiger partial charge in [-0.15, -0.1) is 0 Å². The van der Waals surface area contributed by atoms with Crippen LogP contribution in [0.2, 0.25) is 0 Å². The Morgan fingerprint density at radius 1 is 1.11 bits per heavy atom. The van der Waals surface area contributed by atoms with Crippen LogP contribution in [0, 0.1) is 0 Å². The number of imidazole rings is 1. The molecule has 0 bridgehead atoms. The first-order chi connectivity index (χ1) is 13.4. The minimum atomic E-state index is -3.47. The van der Waals surface area contributed by atoms with E-state index in [1.54, 1.807) is 24.1 Å². The second-order valence-electron chi connectivity index (χ2n) is 7.00. The second kappa shape index (κ2) is 7.37. The summed E-state index contributed by atoms with van der Waals surface area (Å²) in [6.45, 7) is 1.45. The molecule has 0 radical (unpaired) electrons. The van der Waals surface area contributed by atoms with Gasteiger partial charge in [0.2, 0.25) is 10.0 Å². The molecule has 0 unspecified atom stereocenters. The van der Waals surface area contributed by atoms with Crippen molar-refractivity contribution in [3.8, 4) is 0 Å². The number of aromatic amines is 1. The summed E-state index contributed by atoms with van der Waals surface area (Å²) in [6, 6.07) is 13.9. The molecular weight excluding hydrogens is 376 g/mol. The molecule has 1 amide bonds. The molecule has 0 atom stereocenters. The highest BCUT2D eigenvalue weighted by Gasteiger charge is 2.27. The van der Waals surface area contributed by atoms with E-state index in [1.165, 1.54) is 16.4 Å². The molecule has 4 rings (SSSR count). The summed E-state index contributed by atoms with van der Waals surface area (Å²) in [4.78, 5) is 22.2. The third-order valence-corrected chi connectivity index (χ3v) is 6.89. The third kappa shape index (κ3) is 3.53. The molecule has 28 heavy (non-hydrogen) atoms. The van der Waals surface area contributed by atoms with E-state index in [1.807, 2.05) is 24.3 Å². The molecule has 1 fully saturated rings. The molecule has 1 saturated heterocycles. The largest absolute Gasteiger partial charge is 0.340 e. The number of rotatable bonds is 5. The minimum Gasteiger partial charge on any atom is -0.340 e. The number of sulfonamides is 1. The summed E-state index contributed by atoms with van der Waals surface area (Å²) in [5, 5.41) is 0.